The molecule has 0 spiro atoms. The van der Waals surface area contributed by atoms with Gasteiger partial charge in [0.2, 0.25) is 0 Å². The maximum Gasteiger partial charge on any atom is 0.140 e. The van der Waals surface area contributed by atoms with Gasteiger partial charge in [0, 0.05) is 0 Å². The van der Waals surface area contributed by atoms with Gasteiger partial charge >= 0.3 is 0 Å². The first-order chi connectivity index (χ1) is 8.67. The molecule has 4 nitrogen and oxygen atoms in total. The third kappa shape index (κ3) is 2.61. The Morgan fingerprint density at radius 3 is 2.56 bits per heavy atom. The van der Waals surface area contributed by atoms with E-state index in [4.69, 9.17) is 15.0 Å². The summed E-state index contributed by atoms with van der Waals surface area (Å²) >= 11 is 6.88. The van der Waals surface area contributed by atoms with Crippen molar-refractivity contribution in [3.63, 3.8) is 0 Å². The van der Waals surface area contributed by atoms with Crippen LogP contribution in [0.15, 0.2) is 43.9 Å². The van der Waals surface area contributed by atoms with Gasteiger partial charge in [0.25, 0.3) is 0 Å². The van der Waals surface area contributed by atoms with E-state index in [9.17, 15) is 0 Å². The largest absolute Gasteiger partial charge is 0.496 e. The lowest BCUT2D eigenvalue weighted by molar-refractivity contribution is 0.411. The monoisotopic (exact) mass is 374 g/mol. The van der Waals surface area contributed by atoms with E-state index in [0.29, 0.717) is 0 Å². The third-order valence-corrected chi connectivity index (χ3v) is 3.86. The van der Waals surface area contributed by atoms with Crippen molar-refractivity contribution in [3.05, 3.63) is 50.8 Å². The van der Waals surface area contributed by atoms with Gasteiger partial charge in [-0.3, -0.25) is 5.84 Å². The van der Waals surface area contributed by atoms with E-state index in [-0.39, 0.29) is 6.04 Å². The first-order valence-corrected chi connectivity index (χ1v) is 6.78. The maximum atomic E-state index is 5.61. The second kappa shape index (κ2) is 5.88. The molecular weight excluding hydrogens is 364 g/mol. The third-order valence-electron chi connectivity index (χ3n) is 2.58. The molecule has 0 aliphatic carbocycles. The van der Waals surface area contributed by atoms with Crippen molar-refractivity contribution in [1.29, 1.82) is 0 Å². The van der Waals surface area contributed by atoms with E-state index in [0.717, 1.165) is 26.0 Å². The fourth-order valence-electron chi connectivity index (χ4n) is 1.70. The van der Waals surface area contributed by atoms with E-state index >= 15 is 0 Å². The molecule has 1 unspecified atom stereocenters. The standard InChI is InChI=1S/C12H12Br2N2O2/c1-17-10-3-2-7(6-9(10)14)11(16-15)12-8(13)4-5-18-12/h2-6,11,16H,15H2,1H3. The number of rotatable bonds is 4. The Morgan fingerprint density at radius 2 is 2.06 bits per heavy atom. The minimum absolute atomic E-state index is 0.225. The van der Waals surface area contributed by atoms with Gasteiger partial charge in [-0.15, -0.1) is 0 Å². The van der Waals surface area contributed by atoms with Crippen LogP contribution < -0.4 is 16.0 Å². The smallest absolute Gasteiger partial charge is 0.140 e. The van der Waals surface area contributed by atoms with Gasteiger partial charge in [0.15, 0.2) is 0 Å². The maximum absolute atomic E-state index is 5.61. The quantitative estimate of drug-likeness (QED) is 0.635. The lowest BCUT2D eigenvalue weighted by Crippen LogP contribution is -2.28. The SMILES string of the molecule is COc1ccc(C(NN)c2occc2Br)cc1Br. The van der Waals surface area contributed by atoms with Gasteiger partial charge < -0.3 is 9.15 Å². The Labute approximate surface area is 122 Å². The molecule has 1 atom stereocenters. The molecule has 18 heavy (non-hydrogen) atoms. The summed E-state index contributed by atoms with van der Waals surface area (Å²) in [7, 11) is 1.63. The van der Waals surface area contributed by atoms with Gasteiger partial charge in [-0.05, 0) is 55.6 Å². The second-order valence-corrected chi connectivity index (χ2v) is 5.34. The van der Waals surface area contributed by atoms with Crippen LogP contribution in [0.1, 0.15) is 17.4 Å². The predicted molar refractivity (Wildman–Crippen MR) is 76.3 cm³/mol. The summed E-state index contributed by atoms with van der Waals surface area (Å²) in [6, 6.07) is 7.36. The highest BCUT2D eigenvalue weighted by molar-refractivity contribution is 9.10. The molecule has 0 radical (unpaired) electrons. The zero-order chi connectivity index (χ0) is 13.1. The van der Waals surface area contributed by atoms with Gasteiger partial charge in [0.1, 0.15) is 17.6 Å². The van der Waals surface area contributed by atoms with Crippen LogP contribution in [0.3, 0.4) is 0 Å². The number of benzene rings is 1. The number of hydrazine groups is 1. The van der Waals surface area contributed by atoms with Crippen LogP contribution >= 0.6 is 31.9 Å². The van der Waals surface area contributed by atoms with Crippen LogP contribution in [0.5, 0.6) is 5.75 Å². The molecule has 6 heteroatoms. The number of methoxy groups -OCH3 is 1. The molecule has 0 amide bonds. The van der Waals surface area contributed by atoms with Crippen LogP contribution in [-0.4, -0.2) is 7.11 Å². The number of hydrogen-bond acceptors (Lipinski definition) is 4. The van der Waals surface area contributed by atoms with E-state index in [2.05, 4.69) is 37.3 Å². The van der Waals surface area contributed by atoms with E-state index in [1.807, 2.05) is 24.3 Å². The molecule has 2 rings (SSSR count). The number of hydrogen-bond donors (Lipinski definition) is 2. The van der Waals surface area contributed by atoms with E-state index in [1.165, 1.54) is 0 Å². The van der Waals surface area contributed by atoms with Crippen molar-refractivity contribution >= 4 is 31.9 Å². The van der Waals surface area contributed by atoms with Crippen molar-refractivity contribution in [2.24, 2.45) is 5.84 Å². The zero-order valence-electron chi connectivity index (χ0n) is 9.61. The molecule has 2 aromatic rings. The molecule has 0 saturated heterocycles. The van der Waals surface area contributed by atoms with Gasteiger partial charge in [-0.2, -0.15) is 0 Å². The summed E-state index contributed by atoms with van der Waals surface area (Å²) in [6.45, 7) is 0. The highest BCUT2D eigenvalue weighted by atomic mass is 79.9. The molecule has 0 aliphatic rings. The fraction of sp³-hybridized carbons (Fsp3) is 0.167. The average molecular weight is 376 g/mol. The summed E-state index contributed by atoms with van der Waals surface area (Å²) in [5.41, 5.74) is 3.71. The minimum atomic E-state index is -0.225. The average Bonchev–Trinajstić information content (AvgIpc) is 2.77. The predicted octanol–water partition coefficient (Wildman–Crippen LogP) is 3.37. The molecule has 0 saturated carbocycles. The van der Waals surface area contributed by atoms with E-state index < -0.39 is 0 Å². The molecule has 1 heterocycles. The topological polar surface area (TPSA) is 60.4 Å². The van der Waals surface area contributed by atoms with Crippen LogP contribution in [0.2, 0.25) is 0 Å². The summed E-state index contributed by atoms with van der Waals surface area (Å²) in [4.78, 5) is 0. The Bertz CT molecular complexity index is 543. The van der Waals surface area contributed by atoms with Gasteiger partial charge in [-0.1, -0.05) is 6.07 Å². The van der Waals surface area contributed by atoms with Crippen LogP contribution in [0.25, 0.3) is 0 Å². The summed E-state index contributed by atoms with van der Waals surface area (Å²) in [5.74, 6) is 7.11. The zero-order valence-corrected chi connectivity index (χ0v) is 12.8. The van der Waals surface area contributed by atoms with Crippen LogP contribution in [-0.2, 0) is 0 Å². The molecule has 1 aromatic carbocycles. The van der Waals surface area contributed by atoms with Crippen molar-refractivity contribution in [2.75, 3.05) is 7.11 Å². The molecule has 3 N–H and O–H groups in total. The molecule has 96 valence electrons. The number of nitrogens with two attached hydrogens (primary N) is 1. The summed E-state index contributed by atoms with van der Waals surface area (Å²) < 4.78 is 12.4. The summed E-state index contributed by atoms with van der Waals surface area (Å²) in [6.07, 6.45) is 1.61. The molecule has 0 aliphatic heterocycles. The van der Waals surface area contributed by atoms with Crippen LogP contribution in [0.4, 0.5) is 0 Å². The number of halogens is 2. The molecule has 1 aromatic heterocycles. The van der Waals surface area contributed by atoms with Gasteiger partial charge in [0.05, 0.1) is 22.3 Å². The lowest BCUT2D eigenvalue weighted by Gasteiger charge is -2.15. The normalized spacial score (nSPS) is 12.4. The highest BCUT2D eigenvalue weighted by Crippen LogP contribution is 2.33. The molecule has 0 bridgehead atoms. The fourth-order valence-corrected chi connectivity index (χ4v) is 2.69. The van der Waals surface area contributed by atoms with Crippen molar-refractivity contribution in [3.8, 4) is 5.75 Å². The Hall–Kier alpha value is -0.820. The van der Waals surface area contributed by atoms with Gasteiger partial charge in [-0.25, -0.2) is 5.43 Å². The van der Waals surface area contributed by atoms with Crippen molar-refractivity contribution < 1.29 is 9.15 Å². The molecular formula is C12H12Br2N2O2. The van der Waals surface area contributed by atoms with Crippen molar-refractivity contribution in [1.82, 2.24) is 5.43 Å². The number of nitrogens with one attached hydrogen (secondary N) is 1. The number of furan rings is 1. The summed E-state index contributed by atoms with van der Waals surface area (Å²) in [5, 5.41) is 0. The highest BCUT2D eigenvalue weighted by Gasteiger charge is 2.19. The minimum Gasteiger partial charge on any atom is -0.496 e. The Kier molecular flexibility index (Phi) is 4.45. The molecule has 0 fully saturated rings. The second-order valence-electron chi connectivity index (χ2n) is 3.63. The first-order valence-electron chi connectivity index (χ1n) is 5.19. The first kappa shape index (κ1) is 13.6. The Morgan fingerprint density at radius 1 is 1.28 bits per heavy atom. The van der Waals surface area contributed by atoms with Crippen molar-refractivity contribution in [2.45, 2.75) is 6.04 Å². The lowest BCUT2D eigenvalue weighted by atomic mass is 10.1. The van der Waals surface area contributed by atoms with E-state index in [1.54, 1.807) is 13.4 Å². The number of ether oxygens (including phenoxy) is 1. The van der Waals surface area contributed by atoms with Crippen LogP contribution in [0, 0.1) is 0 Å². The Balaban J connectivity index is 2.40.